The Kier molecular flexibility index (Phi) is 1.52. The van der Waals surface area contributed by atoms with Gasteiger partial charge in [-0.1, -0.05) is 23.4 Å². The van der Waals surface area contributed by atoms with Crippen LogP contribution in [0.3, 0.4) is 0 Å². The summed E-state index contributed by atoms with van der Waals surface area (Å²) >= 11 is 0. The highest BCUT2D eigenvalue weighted by Crippen LogP contribution is 2.51. The van der Waals surface area contributed by atoms with Gasteiger partial charge < -0.3 is 5.32 Å². The van der Waals surface area contributed by atoms with Crippen LogP contribution in [0.4, 0.5) is 5.69 Å². The number of benzene rings is 1. The van der Waals surface area contributed by atoms with E-state index in [-0.39, 0.29) is 11.9 Å². The molecule has 3 rings (SSSR count). The fourth-order valence-corrected chi connectivity index (χ4v) is 2.60. The van der Waals surface area contributed by atoms with Crippen molar-refractivity contribution in [2.24, 2.45) is 5.18 Å². The molecule has 1 aliphatic carbocycles. The van der Waals surface area contributed by atoms with Crippen LogP contribution in [0.1, 0.15) is 18.4 Å². The normalized spacial score (nSPS) is 32.0. The molecule has 0 unspecified atom stereocenters. The molecule has 2 aliphatic rings. The number of nitrogens with zero attached hydrogens (tertiary/aromatic N) is 1. The summed E-state index contributed by atoms with van der Waals surface area (Å²) < 4.78 is 0. The lowest BCUT2D eigenvalue weighted by atomic mass is 9.62. The Hall–Kier alpha value is -1.71. The van der Waals surface area contributed by atoms with Gasteiger partial charge in [0, 0.05) is 5.69 Å². The summed E-state index contributed by atoms with van der Waals surface area (Å²) in [6.45, 7) is 0. The maximum Gasteiger partial charge on any atom is 0.235 e. The second-order valence-corrected chi connectivity index (χ2v) is 4.25. The average molecular weight is 202 g/mol. The first kappa shape index (κ1) is 8.59. The molecule has 15 heavy (non-hydrogen) atoms. The van der Waals surface area contributed by atoms with Crippen LogP contribution in [0.2, 0.25) is 0 Å². The number of hydrogen-bond donors (Lipinski definition) is 1. The smallest absolute Gasteiger partial charge is 0.235 e. The topological polar surface area (TPSA) is 58.5 Å². The van der Waals surface area contributed by atoms with Crippen LogP contribution in [0.25, 0.3) is 0 Å². The van der Waals surface area contributed by atoms with Crippen LogP contribution >= 0.6 is 0 Å². The molecule has 0 aromatic heterocycles. The first-order valence-corrected chi connectivity index (χ1v) is 5.00. The van der Waals surface area contributed by atoms with E-state index in [4.69, 9.17) is 0 Å². The van der Waals surface area contributed by atoms with Gasteiger partial charge in [0.1, 0.15) is 0 Å². The van der Waals surface area contributed by atoms with Gasteiger partial charge in [-0.3, -0.25) is 4.79 Å². The Morgan fingerprint density at radius 3 is 2.80 bits per heavy atom. The minimum atomic E-state index is -0.463. The lowest BCUT2D eigenvalue weighted by molar-refractivity contribution is -0.124. The van der Waals surface area contributed by atoms with E-state index in [9.17, 15) is 9.70 Å². The maximum atomic E-state index is 11.8. The van der Waals surface area contributed by atoms with Gasteiger partial charge in [-0.05, 0) is 24.5 Å². The molecule has 1 N–H and O–H groups in total. The van der Waals surface area contributed by atoms with E-state index in [1.54, 1.807) is 0 Å². The first-order valence-electron chi connectivity index (χ1n) is 5.00. The molecule has 4 nitrogen and oxygen atoms in total. The molecule has 1 spiro atoms. The van der Waals surface area contributed by atoms with Gasteiger partial charge >= 0.3 is 0 Å². The largest absolute Gasteiger partial charge is 0.325 e. The number of carbonyl (C=O) groups excluding carboxylic acids is 1. The molecule has 1 aliphatic heterocycles. The second kappa shape index (κ2) is 2.66. The van der Waals surface area contributed by atoms with Gasteiger partial charge in [-0.15, -0.1) is 0 Å². The standard InChI is InChI=1S/C11H10N2O2/c14-10-11(5-7(6-11)13-15)8-3-1-2-4-9(8)12-10/h1-4,7H,5-6H2,(H,12,14). The molecule has 0 atom stereocenters. The molecule has 0 radical (unpaired) electrons. The number of hydrogen-bond acceptors (Lipinski definition) is 3. The third-order valence-electron chi connectivity index (χ3n) is 3.44. The number of anilines is 1. The molecule has 1 heterocycles. The number of rotatable bonds is 1. The summed E-state index contributed by atoms with van der Waals surface area (Å²) in [7, 11) is 0. The van der Waals surface area contributed by atoms with E-state index in [1.165, 1.54) is 0 Å². The Morgan fingerprint density at radius 2 is 2.07 bits per heavy atom. The maximum absolute atomic E-state index is 11.8. The van der Waals surface area contributed by atoms with Gasteiger partial charge in [0.25, 0.3) is 0 Å². The zero-order valence-corrected chi connectivity index (χ0v) is 8.06. The van der Waals surface area contributed by atoms with Gasteiger partial charge in [0.15, 0.2) is 0 Å². The second-order valence-electron chi connectivity index (χ2n) is 4.25. The summed E-state index contributed by atoms with van der Waals surface area (Å²) in [6, 6.07) is 7.47. The minimum Gasteiger partial charge on any atom is -0.325 e. The third kappa shape index (κ3) is 0.936. The number of carbonyl (C=O) groups is 1. The van der Waals surface area contributed by atoms with E-state index in [2.05, 4.69) is 10.5 Å². The van der Waals surface area contributed by atoms with Crippen molar-refractivity contribution in [2.75, 3.05) is 5.32 Å². The lowest BCUT2D eigenvalue weighted by Gasteiger charge is -2.39. The monoisotopic (exact) mass is 202 g/mol. The van der Waals surface area contributed by atoms with Crippen molar-refractivity contribution >= 4 is 11.6 Å². The van der Waals surface area contributed by atoms with Crippen LogP contribution in [0, 0.1) is 4.91 Å². The molecule has 76 valence electrons. The minimum absolute atomic E-state index is 0.0172. The highest BCUT2D eigenvalue weighted by atomic mass is 16.3. The summed E-state index contributed by atoms with van der Waals surface area (Å²) in [5, 5.41) is 5.84. The van der Waals surface area contributed by atoms with E-state index in [0.29, 0.717) is 12.8 Å². The van der Waals surface area contributed by atoms with Crippen molar-refractivity contribution in [3.8, 4) is 0 Å². The summed E-state index contributed by atoms with van der Waals surface area (Å²) in [6.07, 6.45) is 1.11. The molecule has 1 aromatic rings. The average Bonchev–Trinajstić information content (AvgIpc) is 2.47. The summed E-state index contributed by atoms with van der Waals surface area (Å²) in [5.41, 5.74) is 1.44. The summed E-state index contributed by atoms with van der Waals surface area (Å²) in [5.74, 6) is 0.0172. The fraction of sp³-hybridized carbons (Fsp3) is 0.364. The molecule has 0 saturated heterocycles. The molecule has 1 amide bonds. The predicted octanol–water partition coefficient (Wildman–Crippen LogP) is 1.81. The highest BCUT2D eigenvalue weighted by molar-refractivity contribution is 6.07. The van der Waals surface area contributed by atoms with Crippen molar-refractivity contribution in [1.29, 1.82) is 0 Å². The third-order valence-corrected chi connectivity index (χ3v) is 3.44. The lowest BCUT2D eigenvalue weighted by Crippen LogP contribution is -2.48. The van der Waals surface area contributed by atoms with Crippen molar-refractivity contribution in [1.82, 2.24) is 0 Å². The molecule has 4 heteroatoms. The van der Waals surface area contributed by atoms with E-state index in [1.807, 2.05) is 24.3 Å². The number of para-hydroxylation sites is 1. The van der Waals surface area contributed by atoms with E-state index < -0.39 is 5.41 Å². The van der Waals surface area contributed by atoms with Crippen LogP contribution < -0.4 is 5.32 Å². The van der Waals surface area contributed by atoms with Crippen LogP contribution in [-0.2, 0) is 10.2 Å². The van der Waals surface area contributed by atoms with Crippen LogP contribution in [-0.4, -0.2) is 11.9 Å². The van der Waals surface area contributed by atoms with Gasteiger partial charge in [-0.25, -0.2) is 0 Å². The highest BCUT2D eigenvalue weighted by Gasteiger charge is 2.56. The Balaban J connectivity index is 2.04. The molecular formula is C11H10N2O2. The Bertz CT molecular complexity index is 450. The first-order chi connectivity index (χ1) is 7.26. The molecule has 1 fully saturated rings. The molecule has 1 saturated carbocycles. The van der Waals surface area contributed by atoms with E-state index in [0.717, 1.165) is 11.3 Å². The SMILES string of the molecule is O=NC1CC2(C1)C(=O)Nc1ccccc12. The number of amides is 1. The van der Waals surface area contributed by atoms with Crippen molar-refractivity contribution < 1.29 is 4.79 Å². The molecule has 0 bridgehead atoms. The Labute approximate surface area is 86.7 Å². The number of nitrogens with one attached hydrogen (secondary N) is 1. The number of fused-ring (bicyclic) bond motifs is 2. The van der Waals surface area contributed by atoms with Crippen molar-refractivity contribution in [2.45, 2.75) is 24.3 Å². The van der Waals surface area contributed by atoms with Crippen LogP contribution in [0.5, 0.6) is 0 Å². The van der Waals surface area contributed by atoms with Crippen molar-refractivity contribution in [3.05, 3.63) is 34.7 Å². The predicted molar refractivity (Wildman–Crippen MR) is 55.6 cm³/mol. The zero-order chi connectivity index (χ0) is 10.5. The Morgan fingerprint density at radius 1 is 1.33 bits per heavy atom. The van der Waals surface area contributed by atoms with Gasteiger partial charge in [0.05, 0.1) is 11.5 Å². The molecule has 1 aromatic carbocycles. The molecular weight excluding hydrogens is 192 g/mol. The number of nitroso groups, excluding NO2 is 1. The fourth-order valence-electron chi connectivity index (χ4n) is 2.60. The van der Waals surface area contributed by atoms with Crippen molar-refractivity contribution in [3.63, 3.8) is 0 Å². The van der Waals surface area contributed by atoms with Gasteiger partial charge in [-0.2, -0.15) is 4.91 Å². The zero-order valence-electron chi connectivity index (χ0n) is 8.06. The van der Waals surface area contributed by atoms with E-state index >= 15 is 0 Å². The van der Waals surface area contributed by atoms with Crippen LogP contribution in [0.15, 0.2) is 29.4 Å². The summed E-state index contributed by atoms with van der Waals surface area (Å²) in [4.78, 5) is 22.2. The quantitative estimate of drug-likeness (QED) is 0.706. The van der Waals surface area contributed by atoms with Gasteiger partial charge in [0.2, 0.25) is 5.91 Å².